The Bertz CT molecular complexity index is 924. The molecule has 1 aliphatic rings. The number of rotatable bonds is 5. The highest BCUT2D eigenvalue weighted by Gasteiger charge is 2.29. The molecule has 0 aromatic heterocycles. The number of benzene rings is 1. The monoisotopic (exact) mass is 372 g/mol. The highest BCUT2D eigenvalue weighted by atomic mass is 16.3. The first-order valence-corrected chi connectivity index (χ1v) is 9.01. The first kappa shape index (κ1) is 18.9. The van der Waals surface area contributed by atoms with Crippen LogP contribution in [0.3, 0.4) is 0 Å². The van der Waals surface area contributed by atoms with Crippen molar-refractivity contribution in [2.24, 2.45) is 5.84 Å². The number of carbonyl (C=O) groups excluding carboxylic acids is 1. The molecule has 2 aromatic rings. The number of nitrogens with two attached hydrogens (primary N) is 1. The molecule has 1 fully saturated rings. The minimum absolute atomic E-state index is 0.00956. The van der Waals surface area contributed by atoms with Gasteiger partial charge in [-0.1, -0.05) is 25.3 Å². The normalized spacial score (nSPS) is 14.9. The highest BCUT2D eigenvalue weighted by Crippen LogP contribution is 2.35. The van der Waals surface area contributed by atoms with Gasteiger partial charge in [0.05, 0.1) is 5.56 Å². The summed E-state index contributed by atoms with van der Waals surface area (Å²) in [5, 5.41) is 14.6. The molecule has 8 heteroatoms. The molecule has 1 aliphatic carbocycles. The first-order chi connectivity index (χ1) is 12.8. The molecule has 3 rings (SSSR count). The minimum Gasteiger partial charge on any atom is -0.505 e. The number of nitrogens with one attached hydrogen (secondary N) is 1. The zero-order valence-electron chi connectivity index (χ0n) is 15.5. The van der Waals surface area contributed by atoms with E-state index in [2.05, 4.69) is 5.32 Å². The van der Waals surface area contributed by atoms with E-state index in [1.54, 1.807) is 20.2 Å². The molecule has 0 heterocycles. The van der Waals surface area contributed by atoms with Gasteiger partial charge in [0.15, 0.2) is 5.75 Å². The van der Waals surface area contributed by atoms with Crippen molar-refractivity contribution in [3.05, 3.63) is 44.2 Å². The van der Waals surface area contributed by atoms with Crippen LogP contribution in [0.2, 0.25) is 0 Å². The number of hydrogen-bond donors (Lipinski definition) is 3. The second-order valence-electron chi connectivity index (χ2n) is 7.10. The van der Waals surface area contributed by atoms with E-state index in [0.717, 1.165) is 30.7 Å². The van der Waals surface area contributed by atoms with Gasteiger partial charge in [-0.05, 0) is 25.0 Å². The number of phenolic OH excluding ortho intramolecular Hbond substituents is 1. The molecule has 1 amide bonds. The van der Waals surface area contributed by atoms with Gasteiger partial charge in [-0.25, -0.2) is 5.84 Å². The Kier molecular flexibility index (Phi) is 5.18. The summed E-state index contributed by atoms with van der Waals surface area (Å²) in [6.45, 7) is 0. The van der Waals surface area contributed by atoms with Crippen LogP contribution in [0, 0.1) is 0 Å². The summed E-state index contributed by atoms with van der Waals surface area (Å²) < 4.78 is 0. The predicted molar refractivity (Wildman–Crippen MR) is 104 cm³/mol. The first-order valence-electron chi connectivity index (χ1n) is 9.01. The second-order valence-corrected chi connectivity index (χ2v) is 7.10. The molecule has 8 nitrogen and oxygen atoms in total. The Morgan fingerprint density at radius 3 is 2.44 bits per heavy atom. The number of anilines is 3. The van der Waals surface area contributed by atoms with Gasteiger partial charge in [0.2, 0.25) is 0 Å². The molecule has 2 aromatic carbocycles. The number of para-hydroxylation sites is 1. The number of nitrogens with zero attached hydrogens (tertiary/aromatic N) is 2. The van der Waals surface area contributed by atoms with Crippen molar-refractivity contribution in [3.8, 4) is 5.75 Å². The van der Waals surface area contributed by atoms with Crippen LogP contribution in [0.1, 0.15) is 42.5 Å². The summed E-state index contributed by atoms with van der Waals surface area (Å²) in [5.41, 5.74) is -0.978. The third-order valence-corrected chi connectivity index (χ3v) is 4.99. The van der Waals surface area contributed by atoms with Crippen molar-refractivity contribution in [2.45, 2.75) is 38.1 Å². The molecule has 0 unspecified atom stereocenters. The molecule has 144 valence electrons. The van der Waals surface area contributed by atoms with Crippen LogP contribution in [-0.4, -0.2) is 36.1 Å². The van der Waals surface area contributed by atoms with Crippen molar-refractivity contribution in [2.75, 3.05) is 24.4 Å². The fourth-order valence-corrected chi connectivity index (χ4v) is 3.45. The maximum atomic E-state index is 12.2. The lowest BCUT2D eigenvalue weighted by Crippen LogP contribution is -2.45. The number of hydrazine groups is 1. The van der Waals surface area contributed by atoms with E-state index < -0.39 is 16.8 Å². The highest BCUT2D eigenvalue weighted by molar-refractivity contribution is 5.99. The van der Waals surface area contributed by atoms with Crippen molar-refractivity contribution in [1.29, 1.82) is 0 Å². The summed E-state index contributed by atoms with van der Waals surface area (Å²) in [5.74, 6) is 5.34. The zero-order valence-corrected chi connectivity index (χ0v) is 15.5. The van der Waals surface area contributed by atoms with E-state index in [0.29, 0.717) is 0 Å². The topological polar surface area (TPSA) is 116 Å². The molecule has 27 heavy (non-hydrogen) atoms. The lowest BCUT2D eigenvalue weighted by molar-refractivity contribution is 0.0824. The molecule has 0 atom stereocenters. The van der Waals surface area contributed by atoms with Crippen LogP contribution in [-0.2, 0) is 0 Å². The maximum absolute atomic E-state index is 12.2. The molecule has 0 radical (unpaired) electrons. The largest absolute Gasteiger partial charge is 0.505 e. The minimum atomic E-state index is -0.709. The molecule has 0 saturated heterocycles. The molecule has 0 aliphatic heterocycles. The molecular weight excluding hydrogens is 348 g/mol. The van der Waals surface area contributed by atoms with Gasteiger partial charge in [0.1, 0.15) is 17.1 Å². The van der Waals surface area contributed by atoms with Crippen LogP contribution >= 0.6 is 0 Å². The molecule has 0 bridgehead atoms. The fourth-order valence-electron chi connectivity index (χ4n) is 3.45. The quantitative estimate of drug-likeness (QED) is 0.413. The van der Waals surface area contributed by atoms with Crippen molar-refractivity contribution >= 4 is 23.0 Å². The molecular formula is C19H24N4O4. The zero-order chi connectivity index (χ0) is 19.7. The van der Waals surface area contributed by atoms with Gasteiger partial charge in [-0.2, -0.15) is 0 Å². The third-order valence-electron chi connectivity index (χ3n) is 4.99. The predicted octanol–water partition coefficient (Wildman–Crippen LogP) is 1.45. The number of phenols is 1. The van der Waals surface area contributed by atoms with E-state index in [9.17, 15) is 19.5 Å². The van der Waals surface area contributed by atoms with E-state index in [-0.39, 0.29) is 34.4 Å². The standard InChI is InChI=1S/C19H24N4O4/c1-22(2)19(27)12-9-6-10-13(16(12)24)23(20)15-14(17(25)18(15)26)21-11-7-4-3-5-8-11/h6,9-11,21,24H,3-5,7-8,20H2,1-2H3. The van der Waals surface area contributed by atoms with E-state index in [1.807, 2.05) is 0 Å². The maximum Gasteiger partial charge on any atom is 0.257 e. The van der Waals surface area contributed by atoms with E-state index in [1.165, 1.54) is 23.5 Å². The van der Waals surface area contributed by atoms with Crippen LogP contribution in [0.25, 0.3) is 0 Å². The van der Waals surface area contributed by atoms with Gasteiger partial charge >= 0.3 is 0 Å². The Labute approximate surface area is 156 Å². The lowest BCUT2D eigenvalue weighted by atomic mass is 9.95. The number of aromatic hydroxyl groups is 1. The summed E-state index contributed by atoms with van der Waals surface area (Å²) in [7, 11) is 3.13. The van der Waals surface area contributed by atoms with Crippen LogP contribution in [0.15, 0.2) is 27.8 Å². The molecule has 1 saturated carbocycles. The van der Waals surface area contributed by atoms with Crippen molar-refractivity contribution in [1.82, 2.24) is 4.90 Å². The van der Waals surface area contributed by atoms with Crippen LogP contribution in [0.4, 0.5) is 17.1 Å². The summed E-state index contributed by atoms with van der Waals surface area (Å²) in [6.07, 6.45) is 5.18. The average Bonchev–Trinajstić information content (AvgIpc) is 2.67. The van der Waals surface area contributed by atoms with Gasteiger partial charge in [0.25, 0.3) is 16.8 Å². The van der Waals surface area contributed by atoms with Crippen molar-refractivity contribution < 1.29 is 9.90 Å². The van der Waals surface area contributed by atoms with Gasteiger partial charge in [-0.15, -0.1) is 0 Å². The van der Waals surface area contributed by atoms with Gasteiger partial charge < -0.3 is 15.3 Å². The summed E-state index contributed by atoms with van der Waals surface area (Å²) >= 11 is 0. The number of hydrogen-bond acceptors (Lipinski definition) is 7. The summed E-state index contributed by atoms with van der Waals surface area (Å²) in [4.78, 5) is 37.7. The Morgan fingerprint density at radius 2 is 1.81 bits per heavy atom. The van der Waals surface area contributed by atoms with Crippen LogP contribution in [0.5, 0.6) is 5.75 Å². The van der Waals surface area contributed by atoms with Gasteiger partial charge in [0, 0.05) is 20.1 Å². The SMILES string of the molecule is CN(C)C(=O)c1cccc(N(N)c2c(NC3CCCCC3)c(=O)c2=O)c1O. The number of amides is 1. The fraction of sp³-hybridized carbons (Fsp3) is 0.421. The smallest absolute Gasteiger partial charge is 0.257 e. The van der Waals surface area contributed by atoms with E-state index >= 15 is 0 Å². The Balaban J connectivity index is 1.93. The number of carbonyl (C=O) groups is 1. The second kappa shape index (κ2) is 7.40. The Morgan fingerprint density at radius 1 is 1.15 bits per heavy atom. The molecule has 0 spiro atoms. The lowest BCUT2D eigenvalue weighted by Gasteiger charge is -2.28. The van der Waals surface area contributed by atoms with Crippen LogP contribution < -0.4 is 27.0 Å². The van der Waals surface area contributed by atoms with E-state index in [4.69, 9.17) is 5.84 Å². The average molecular weight is 372 g/mol. The molecule has 4 N–H and O–H groups in total. The Hall–Kier alpha value is -2.87. The summed E-state index contributed by atoms with van der Waals surface area (Å²) in [6, 6.07) is 4.65. The van der Waals surface area contributed by atoms with Gasteiger partial charge in [-0.3, -0.25) is 19.4 Å². The van der Waals surface area contributed by atoms with Crippen molar-refractivity contribution in [3.63, 3.8) is 0 Å². The third kappa shape index (κ3) is 3.40.